The van der Waals surface area contributed by atoms with E-state index in [9.17, 15) is 0 Å². The van der Waals surface area contributed by atoms with Crippen molar-refractivity contribution in [3.05, 3.63) is 64.1 Å². The summed E-state index contributed by atoms with van der Waals surface area (Å²) in [4.78, 5) is 15.8. The minimum atomic E-state index is 0.436. The molecule has 0 fully saturated rings. The quantitative estimate of drug-likeness (QED) is 0.357. The molecule has 32 heavy (non-hydrogen) atoms. The number of aryl methyl sites for hydroxylation is 1. The largest absolute Gasteiger partial charge is 0.383 e. The number of hydrogen-bond acceptors (Lipinski definition) is 7. The molecule has 166 valence electrons. The molecule has 1 aromatic carbocycles. The van der Waals surface area contributed by atoms with E-state index in [1.165, 1.54) is 5.56 Å². The first-order valence-corrected chi connectivity index (χ1v) is 11.3. The van der Waals surface area contributed by atoms with Gasteiger partial charge in [-0.1, -0.05) is 31.2 Å². The van der Waals surface area contributed by atoms with Crippen LogP contribution in [0.1, 0.15) is 36.7 Å². The second-order valence-electron chi connectivity index (χ2n) is 7.91. The van der Waals surface area contributed by atoms with Crippen LogP contribution in [0.5, 0.6) is 0 Å². The number of pyridine rings is 1. The Morgan fingerprint density at radius 1 is 1.19 bits per heavy atom. The summed E-state index contributed by atoms with van der Waals surface area (Å²) in [5.41, 5.74) is 4.53. The first kappa shape index (κ1) is 22.3. The average molecular weight is 496 g/mol. The second-order valence-corrected chi connectivity index (χ2v) is 8.76. The molecule has 3 heterocycles. The molecule has 0 saturated carbocycles. The topological polar surface area (TPSA) is 81.8 Å². The number of fused-ring (bicyclic) bond motifs is 1. The highest BCUT2D eigenvalue weighted by atomic mass is 79.9. The zero-order valence-electron chi connectivity index (χ0n) is 18.7. The smallest absolute Gasteiger partial charge is 0.189 e. The van der Waals surface area contributed by atoms with Gasteiger partial charge < -0.3 is 9.64 Å². The van der Waals surface area contributed by atoms with Gasteiger partial charge in [0.2, 0.25) is 0 Å². The molecule has 3 aromatic heterocycles. The van der Waals surface area contributed by atoms with Gasteiger partial charge >= 0.3 is 0 Å². The summed E-state index contributed by atoms with van der Waals surface area (Å²) in [6.07, 6.45) is 3.62. The van der Waals surface area contributed by atoms with Crippen molar-refractivity contribution in [2.24, 2.45) is 0 Å². The van der Waals surface area contributed by atoms with E-state index in [1.807, 2.05) is 31.3 Å². The zero-order chi connectivity index (χ0) is 22.7. The summed E-state index contributed by atoms with van der Waals surface area (Å²) in [5, 5.41) is 8.91. The molecule has 0 saturated heterocycles. The Morgan fingerprint density at radius 3 is 2.72 bits per heavy atom. The van der Waals surface area contributed by atoms with Crippen molar-refractivity contribution < 1.29 is 4.74 Å². The molecule has 0 bridgehead atoms. The predicted octanol–water partition coefficient (Wildman–Crippen LogP) is 4.45. The van der Waals surface area contributed by atoms with E-state index >= 15 is 0 Å². The molecule has 0 spiro atoms. The van der Waals surface area contributed by atoms with Crippen LogP contribution in [-0.4, -0.2) is 50.2 Å². The molecule has 0 atom stereocenters. The normalized spacial score (nSPS) is 11.4. The fraction of sp³-hybridized carbons (Fsp3) is 0.348. The minimum absolute atomic E-state index is 0.436. The number of methoxy groups -OCH3 is 1. The number of hydrogen-bond donors (Lipinski definition) is 0. The minimum Gasteiger partial charge on any atom is -0.383 e. The third-order valence-electron chi connectivity index (χ3n) is 5.22. The van der Waals surface area contributed by atoms with Gasteiger partial charge in [0.1, 0.15) is 5.82 Å². The van der Waals surface area contributed by atoms with Gasteiger partial charge in [0.15, 0.2) is 17.0 Å². The van der Waals surface area contributed by atoms with Crippen LogP contribution in [0, 0.1) is 6.92 Å². The fourth-order valence-electron chi connectivity index (χ4n) is 3.52. The lowest BCUT2D eigenvalue weighted by Crippen LogP contribution is -2.28. The number of anilines is 1. The van der Waals surface area contributed by atoms with Gasteiger partial charge in [-0.3, -0.25) is 4.98 Å². The van der Waals surface area contributed by atoms with Crippen molar-refractivity contribution in [2.45, 2.75) is 33.2 Å². The molecule has 9 heteroatoms. The van der Waals surface area contributed by atoms with Crippen LogP contribution >= 0.6 is 15.9 Å². The first-order chi connectivity index (χ1) is 15.5. The summed E-state index contributed by atoms with van der Waals surface area (Å²) in [6.45, 7) is 8.06. The van der Waals surface area contributed by atoms with E-state index in [0.717, 1.165) is 21.5 Å². The van der Waals surface area contributed by atoms with Crippen LogP contribution in [0.4, 0.5) is 5.82 Å². The summed E-state index contributed by atoms with van der Waals surface area (Å²) in [5.74, 6) is 1.82. The standard InChI is InChI=1S/C23H26BrN7O/c1-15(2)18-7-8-20(19(24)12-18)31-23-21(28-29-31)22(26-16(3)27-23)30(10-11-32-4)14-17-6-5-9-25-13-17/h5-9,12-13,15H,10-11,14H2,1-4H3. The summed E-state index contributed by atoms with van der Waals surface area (Å²) in [6, 6.07) is 10.3. The van der Waals surface area contributed by atoms with E-state index in [4.69, 9.17) is 9.72 Å². The lowest BCUT2D eigenvalue weighted by molar-refractivity contribution is 0.205. The highest BCUT2D eigenvalue weighted by Gasteiger charge is 2.21. The van der Waals surface area contributed by atoms with Crippen molar-refractivity contribution in [1.29, 1.82) is 0 Å². The molecule has 4 aromatic rings. The Kier molecular flexibility index (Phi) is 6.76. The highest BCUT2D eigenvalue weighted by Crippen LogP contribution is 2.29. The Bertz CT molecular complexity index is 1210. The predicted molar refractivity (Wildman–Crippen MR) is 128 cm³/mol. The lowest BCUT2D eigenvalue weighted by Gasteiger charge is -2.23. The maximum atomic E-state index is 5.35. The lowest BCUT2D eigenvalue weighted by atomic mass is 10.0. The molecule has 0 unspecified atom stereocenters. The Morgan fingerprint density at radius 2 is 2.03 bits per heavy atom. The molecule has 8 nitrogen and oxygen atoms in total. The van der Waals surface area contributed by atoms with Crippen molar-refractivity contribution in [3.63, 3.8) is 0 Å². The van der Waals surface area contributed by atoms with Gasteiger partial charge in [-0.15, -0.1) is 5.10 Å². The van der Waals surface area contributed by atoms with E-state index in [-0.39, 0.29) is 0 Å². The Balaban J connectivity index is 1.80. The molecule has 0 aliphatic carbocycles. The fourth-order valence-corrected chi connectivity index (χ4v) is 4.08. The van der Waals surface area contributed by atoms with E-state index in [0.29, 0.717) is 42.6 Å². The summed E-state index contributed by atoms with van der Waals surface area (Å²) in [7, 11) is 1.69. The van der Waals surface area contributed by atoms with Gasteiger partial charge in [-0.2, -0.15) is 4.68 Å². The molecule has 0 N–H and O–H groups in total. The van der Waals surface area contributed by atoms with Gasteiger partial charge in [0, 0.05) is 37.1 Å². The maximum absolute atomic E-state index is 5.35. The molecule has 4 rings (SSSR count). The van der Waals surface area contributed by atoms with Crippen LogP contribution in [-0.2, 0) is 11.3 Å². The number of ether oxygens (including phenoxy) is 1. The third kappa shape index (κ3) is 4.63. The molecule has 0 radical (unpaired) electrons. The molecular weight excluding hydrogens is 470 g/mol. The molecular formula is C23H26BrN7O. The molecule has 0 aliphatic heterocycles. The van der Waals surface area contributed by atoms with Gasteiger partial charge in [-0.25, -0.2) is 9.97 Å². The van der Waals surface area contributed by atoms with Crippen LogP contribution in [0.3, 0.4) is 0 Å². The van der Waals surface area contributed by atoms with Gasteiger partial charge in [-0.05, 0) is 58.1 Å². The third-order valence-corrected chi connectivity index (χ3v) is 5.86. The average Bonchev–Trinajstić information content (AvgIpc) is 3.20. The van der Waals surface area contributed by atoms with Gasteiger partial charge in [0.05, 0.1) is 12.3 Å². The monoisotopic (exact) mass is 495 g/mol. The zero-order valence-corrected chi connectivity index (χ0v) is 20.2. The first-order valence-electron chi connectivity index (χ1n) is 10.5. The van der Waals surface area contributed by atoms with Crippen molar-refractivity contribution in [2.75, 3.05) is 25.2 Å². The van der Waals surface area contributed by atoms with E-state index < -0.39 is 0 Å². The number of aromatic nitrogens is 6. The number of rotatable bonds is 8. The van der Waals surface area contributed by atoms with Crippen molar-refractivity contribution in [1.82, 2.24) is 29.9 Å². The number of nitrogens with zero attached hydrogens (tertiary/aromatic N) is 7. The maximum Gasteiger partial charge on any atom is 0.189 e. The van der Waals surface area contributed by atoms with Crippen LogP contribution in [0.2, 0.25) is 0 Å². The molecule has 0 aliphatic rings. The summed E-state index contributed by atoms with van der Waals surface area (Å²) < 4.78 is 8.05. The molecule has 0 amide bonds. The van der Waals surface area contributed by atoms with Crippen LogP contribution in [0.15, 0.2) is 47.2 Å². The van der Waals surface area contributed by atoms with E-state index in [2.05, 4.69) is 67.1 Å². The van der Waals surface area contributed by atoms with Crippen molar-refractivity contribution in [3.8, 4) is 5.69 Å². The van der Waals surface area contributed by atoms with Gasteiger partial charge in [0.25, 0.3) is 0 Å². The van der Waals surface area contributed by atoms with Crippen LogP contribution in [0.25, 0.3) is 16.9 Å². The highest BCUT2D eigenvalue weighted by molar-refractivity contribution is 9.10. The van der Waals surface area contributed by atoms with E-state index in [1.54, 1.807) is 18.0 Å². The van der Waals surface area contributed by atoms with Crippen LogP contribution < -0.4 is 4.90 Å². The SMILES string of the molecule is COCCN(Cc1cccnc1)c1nc(C)nc2c1nnn2-c1ccc(C(C)C)cc1Br. The van der Waals surface area contributed by atoms with Crippen molar-refractivity contribution >= 4 is 32.9 Å². The second kappa shape index (κ2) is 9.70. The Hall–Kier alpha value is -2.91. The number of halogens is 1. The Labute approximate surface area is 195 Å². The summed E-state index contributed by atoms with van der Waals surface area (Å²) >= 11 is 3.70. The number of benzene rings is 1.